The third-order valence-electron chi connectivity index (χ3n) is 3.99. The van der Waals surface area contributed by atoms with Gasteiger partial charge in [-0.2, -0.15) is 0 Å². The minimum absolute atomic E-state index is 0.333. The molecule has 1 aliphatic rings. The highest BCUT2D eigenvalue weighted by atomic mass is 16.7. The summed E-state index contributed by atoms with van der Waals surface area (Å²) in [5, 5.41) is 0. The molecule has 0 N–H and O–H groups in total. The van der Waals surface area contributed by atoms with E-state index in [2.05, 4.69) is 6.58 Å². The van der Waals surface area contributed by atoms with E-state index < -0.39 is 7.12 Å². The fourth-order valence-electron chi connectivity index (χ4n) is 1.95. The van der Waals surface area contributed by atoms with E-state index in [0.717, 1.165) is 11.0 Å². The van der Waals surface area contributed by atoms with Crippen LogP contribution >= 0.6 is 0 Å². The van der Waals surface area contributed by atoms with Gasteiger partial charge in [0.05, 0.1) is 24.4 Å². The molecular formula is C16H23BO3. The molecule has 0 atom stereocenters. The Morgan fingerprint density at radius 1 is 1.10 bits per heavy atom. The molecule has 0 radical (unpaired) electrons. The molecular weight excluding hydrogens is 251 g/mol. The summed E-state index contributed by atoms with van der Waals surface area (Å²) in [6.45, 7) is 13.2. The Morgan fingerprint density at radius 3 is 2.20 bits per heavy atom. The lowest BCUT2D eigenvalue weighted by Crippen LogP contribution is -2.41. The molecule has 1 aliphatic heterocycles. The summed E-state index contributed by atoms with van der Waals surface area (Å²) in [6, 6.07) is 10.1. The molecule has 2 rings (SSSR count). The zero-order valence-electron chi connectivity index (χ0n) is 12.8. The van der Waals surface area contributed by atoms with Crippen molar-refractivity contribution in [3.05, 3.63) is 47.9 Å². The van der Waals surface area contributed by atoms with Crippen molar-refractivity contribution in [2.45, 2.75) is 45.5 Å². The van der Waals surface area contributed by atoms with Gasteiger partial charge in [0.1, 0.15) is 0 Å². The predicted molar refractivity (Wildman–Crippen MR) is 81.3 cm³/mol. The van der Waals surface area contributed by atoms with Gasteiger partial charge in [0, 0.05) is 0 Å². The van der Waals surface area contributed by atoms with E-state index in [1.54, 1.807) is 0 Å². The van der Waals surface area contributed by atoms with E-state index in [0.29, 0.717) is 13.2 Å². The lowest BCUT2D eigenvalue weighted by atomic mass is 9.80. The Labute approximate surface area is 122 Å². The van der Waals surface area contributed by atoms with Crippen LogP contribution in [0.4, 0.5) is 0 Å². The Morgan fingerprint density at radius 2 is 1.65 bits per heavy atom. The smallest absolute Gasteiger partial charge is 0.400 e. The summed E-state index contributed by atoms with van der Waals surface area (Å²) >= 11 is 0. The second-order valence-electron chi connectivity index (χ2n) is 6.22. The monoisotopic (exact) mass is 274 g/mol. The van der Waals surface area contributed by atoms with Gasteiger partial charge < -0.3 is 14.0 Å². The standard InChI is InChI=1S/C16H23BO3/c1-13(11-18-12-14-9-7-6-8-10-14)17-19-15(2,3)16(4,5)20-17/h6-10H,1,11-12H2,2-5H3. The molecule has 0 aromatic heterocycles. The Bertz CT molecular complexity index is 452. The van der Waals surface area contributed by atoms with Crippen LogP contribution in [-0.4, -0.2) is 24.9 Å². The molecule has 0 saturated carbocycles. The van der Waals surface area contributed by atoms with E-state index in [-0.39, 0.29) is 11.2 Å². The van der Waals surface area contributed by atoms with E-state index >= 15 is 0 Å². The highest BCUT2D eigenvalue weighted by Gasteiger charge is 2.51. The maximum atomic E-state index is 5.93. The summed E-state index contributed by atoms with van der Waals surface area (Å²) in [4.78, 5) is 0. The van der Waals surface area contributed by atoms with Gasteiger partial charge in [-0.25, -0.2) is 0 Å². The molecule has 0 unspecified atom stereocenters. The van der Waals surface area contributed by atoms with Crippen LogP contribution in [0.2, 0.25) is 0 Å². The normalized spacial score (nSPS) is 20.1. The summed E-state index contributed by atoms with van der Waals surface area (Å²) in [6.07, 6.45) is 0. The molecule has 1 aromatic carbocycles. The summed E-state index contributed by atoms with van der Waals surface area (Å²) in [5.74, 6) is 0. The first kappa shape index (κ1) is 15.3. The summed E-state index contributed by atoms with van der Waals surface area (Å²) in [7, 11) is -0.393. The Hall–Kier alpha value is -1.10. The first-order valence-corrected chi connectivity index (χ1v) is 6.97. The number of ether oxygens (including phenoxy) is 1. The molecule has 1 fully saturated rings. The Balaban J connectivity index is 1.82. The van der Waals surface area contributed by atoms with Crippen LogP contribution < -0.4 is 0 Å². The van der Waals surface area contributed by atoms with Gasteiger partial charge in [-0.05, 0) is 38.7 Å². The van der Waals surface area contributed by atoms with Gasteiger partial charge in [0.25, 0.3) is 0 Å². The molecule has 0 amide bonds. The van der Waals surface area contributed by atoms with E-state index in [1.807, 2.05) is 58.0 Å². The van der Waals surface area contributed by atoms with Gasteiger partial charge in [-0.1, -0.05) is 30.3 Å². The molecule has 0 spiro atoms. The van der Waals surface area contributed by atoms with E-state index in [9.17, 15) is 0 Å². The topological polar surface area (TPSA) is 27.7 Å². The minimum Gasteiger partial charge on any atom is -0.400 e. The molecule has 1 saturated heterocycles. The average Bonchev–Trinajstić information content (AvgIpc) is 2.60. The average molecular weight is 274 g/mol. The molecule has 4 heteroatoms. The van der Waals surface area contributed by atoms with Crippen molar-refractivity contribution in [1.82, 2.24) is 0 Å². The van der Waals surface area contributed by atoms with Gasteiger partial charge >= 0.3 is 7.12 Å². The van der Waals surface area contributed by atoms with Crippen molar-refractivity contribution >= 4 is 7.12 Å². The quantitative estimate of drug-likeness (QED) is 0.770. The van der Waals surface area contributed by atoms with Crippen LogP contribution in [0.15, 0.2) is 42.4 Å². The molecule has 20 heavy (non-hydrogen) atoms. The first-order valence-electron chi connectivity index (χ1n) is 6.97. The van der Waals surface area contributed by atoms with E-state index in [1.165, 1.54) is 0 Å². The molecule has 0 bridgehead atoms. The molecule has 1 heterocycles. The highest BCUT2D eigenvalue weighted by Crippen LogP contribution is 2.38. The van der Waals surface area contributed by atoms with Crippen molar-refractivity contribution in [3.63, 3.8) is 0 Å². The molecule has 1 aromatic rings. The number of benzene rings is 1. The predicted octanol–water partition coefficient (Wildman–Crippen LogP) is 3.39. The maximum Gasteiger partial charge on any atom is 0.492 e. The van der Waals surface area contributed by atoms with Crippen LogP contribution in [0.3, 0.4) is 0 Å². The molecule has 3 nitrogen and oxygen atoms in total. The largest absolute Gasteiger partial charge is 0.492 e. The summed E-state index contributed by atoms with van der Waals surface area (Å²) < 4.78 is 17.5. The van der Waals surface area contributed by atoms with Gasteiger partial charge in [-0.15, -0.1) is 6.58 Å². The van der Waals surface area contributed by atoms with Crippen molar-refractivity contribution in [1.29, 1.82) is 0 Å². The lowest BCUT2D eigenvalue weighted by Gasteiger charge is -2.32. The molecule has 0 aliphatic carbocycles. The summed E-state index contributed by atoms with van der Waals surface area (Å²) in [5.41, 5.74) is 1.30. The second kappa shape index (κ2) is 5.72. The highest BCUT2D eigenvalue weighted by molar-refractivity contribution is 6.54. The number of rotatable bonds is 5. The third kappa shape index (κ3) is 3.32. The van der Waals surface area contributed by atoms with Gasteiger partial charge in [0.15, 0.2) is 0 Å². The zero-order chi connectivity index (χ0) is 14.8. The van der Waals surface area contributed by atoms with Crippen LogP contribution in [0.25, 0.3) is 0 Å². The van der Waals surface area contributed by atoms with Crippen molar-refractivity contribution in [2.75, 3.05) is 6.61 Å². The van der Waals surface area contributed by atoms with Crippen LogP contribution in [0, 0.1) is 0 Å². The SMILES string of the molecule is C=C(COCc1ccccc1)B1OC(C)(C)C(C)(C)O1. The third-order valence-corrected chi connectivity index (χ3v) is 3.99. The van der Waals surface area contributed by atoms with Crippen molar-refractivity contribution in [3.8, 4) is 0 Å². The lowest BCUT2D eigenvalue weighted by molar-refractivity contribution is 0.00578. The first-order chi connectivity index (χ1) is 9.32. The van der Waals surface area contributed by atoms with Crippen LogP contribution in [0.1, 0.15) is 33.3 Å². The van der Waals surface area contributed by atoms with Crippen molar-refractivity contribution in [2.24, 2.45) is 0 Å². The van der Waals surface area contributed by atoms with Crippen LogP contribution in [-0.2, 0) is 20.7 Å². The number of hydrogen-bond acceptors (Lipinski definition) is 3. The Kier molecular flexibility index (Phi) is 4.38. The fraction of sp³-hybridized carbons (Fsp3) is 0.500. The second-order valence-corrected chi connectivity index (χ2v) is 6.22. The number of hydrogen-bond donors (Lipinski definition) is 0. The van der Waals surface area contributed by atoms with Gasteiger partial charge in [-0.3, -0.25) is 0 Å². The molecule has 108 valence electrons. The van der Waals surface area contributed by atoms with E-state index in [4.69, 9.17) is 14.0 Å². The van der Waals surface area contributed by atoms with Gasteiger partial charge in [0.2, 0.25) is 0 Å². The maximum absolute atomic E-state index is 5.93. The minimum atomic E-state index is -0.393. The fourth-order valence-corrected chi connectivity index (χ4v) is 1.95. The zero-order valence-corrected chi connectivity index (χ0v) is 12.8. The van der Waals surface area contributed by atoms with Crippen LogP contribution in [0.5, 0.6) is 0 Å². The van der Waals surface area contributed by atoms with Crippen molar-refractivity contribution < 1.29 is 14.0 Å².